The van der Waals surface area contributed by atoms with Gasteiger partial charge in [0.2, 0.25) is 0 Å². The lowest BCUT2D eigenvalue weighted by Crippen LogP contribution is -2.37. The fourth-order valence-corrected chi connectivity index (χ4v) is 2.63. The molecule has 2 aromatic rings. The van der Waals surface area contributed by atoms with E-state index >= 15 is 0 Å². The zero-order chi connectivity index (χ0) is 18.8. The van der Waals surface area contributed by atoms with Crippen LogP contribution in [0, 0.1) is 0 Å². The van der Waals surface area contributed by atoms with Gasteiger partial charge in [-0.3, -0.25) is 4.99 Å². The van der Waals surface area contributed by atoms with Crippen LogP contribution in [0.2, 0.25) is 0 Å². The van der Waals surface area contributed by atoms with Gasteiger partial charge in [-0.05, 0) is 49.6 Å². The van der Waals surface area contributed by atoms with E-state index in [0.29, 0.717) is 6.54 Å². The maximum absolute atomic E-state index is 5.74. The minimum absolute atomic E-state index is 0.169. The first-order valence-electron chi connectivity index (χ1n) is 8.94. The monoisotopic (exact) mass is 355 g/mol. The van der Waals surface area contributed by atoms with E-state index in [-0.39, 0.29) is 6.10 Å². The average molecular weight is 355 g/mol. The zero-order valence-corrected chi connectivity index (χ0v) is 16.1. The fraction of sp³-hybridized carbons (Fsp3) is 0.381. The average Bonchev–Trinajstić information content (AvgIpc) is 2.64. The number of rotatable bonds is 8. The van der Waals surface area contributed by atoms with E-state index in [2.05, 4.69) is 33.8 Å². The molecule has 0 bridgehead atoms. The number of ether oxygens (including phenoxy) is 2. The van der Waals surface area contributed by atoms with Crippen molar-refractivity contribution in [2.45, 2.75) is 32.9 Å². The summed E-state index contributed by atoms with van der Waals surface area (Å²) in [7, 11) is 3.47. The molecule has 26 heavy (non-hydrogen) atoms. The molecular weight excluding hydrogens is 326 g/mol. The van der Waals surface area contributed by atoms with E-state index < -0.39 is 0 Å². The van der Waals surface area contributed by atoms with Crippen LogP contribution in [0.3, 0.4) is 0 Å². The Labute approximate surface area is 156 Å². The summed E-state index contributed by atoms with van der Waals surface area (Å²) in [4.78, 5) is 4.28. The largest absolute Gasteiger partial charge is 0.496 e. The summed E-state index contributed by atoms with van der Waals surface area (Å²) in [6.07, 6.45) is 1.03. The molecule has 0 aliphatic rings. The van der Waals surface area contributed by atoms with Crippen LogP contribution < -0.4 is 20.1 Å². The summed E-state index contributed by atoms with van der Waals surface area (Å²) in [6.45, 7) is 5.51. The summed E-state index contributed by atoms with van der Waals surface area (Å²) in [6, 6.07) is 16.2. The Bertz CT molecular complexity index is 714. The number of hydrogen-bond donors (Lipinski definition) is 2. The van der Waals surface area contributed by atoms with Crippen molar-refractivity contribution in [1.82, 2.24) is 10.6 Å². The van der Waals surface area contributed by atoms with Gasteiger partial charge in [0.05, 0.1) is 13.2 Å². The van der Waals surface area contributed by atoms with Crippen LogP contribution in [0.25, 0.3) is 0 Å². The van der Waals surface area contributed by atoms with Crippen molar-refractivity contribution in [3.05, 3.63) is 59.7 Å². The van der Waals surface area contributed by atoms with Gasteiger partial charge in [-0.1, -0.05) is 30.3 Å². The molecule has 0 heterocycles. The molecule has 0 aliphatic carbocycles. The van der Waals surface area contributed by atoms with Crippen molar-refractivity contribution in [2.24, 2.45) is 4.99 Å². The fourth-order valence-electron chi connectivity index (χ4n) is 2.63. The van der Waals surface area contributed by atoms with E-state index in [1.165, 1.54) is 5.56 Å². The third-order valence-corrected chi connectivity index (χ3v) is 3.83. The first-order chi connectivity index (χ1) is 12.6. The predicted octanol–water partition coefficient (Wildman–Crippen LogP) is 3.39. The lowest BCUT2D eigenvalue weighted by molar-refractivity contribution is 0.242. The van der Waals surface area contributed by atoms with Crippen LogP contribution in [-0.2, 0) is 13.0 Å². The van der Waals surface area contributed by atoms with Crippen LogP contribution >= 0.6 is 0 Å². The number of nitrogens with one attached hydrogen (secondary N) is 2. The van der Waals surface area contributed by atoms with E-state index in [1.54, 1.807) is 14.2 Å². The Morgan fingerprint density at radius 3 is 2.62 bits per heavy atom. The molecule has 0 amide bonds. The molecule has 0 unspecified atom stereocenters. The highest BCUT2D eigenvalue weighted by Crippen LogP contribution is 2.17. The smallest absolute Gasteiger partial charge is 0.191 e. The summed E-state index contributed by atoms with van der Waals surface area (Å²) in [5.41, 5.74) is 2.33. The van der Waals surface area contributed by atoms with Gasteiger partial charge in [0.15, 0.2) is 5.96 Å². The second-order valence-corrected chi connectivity index (χ2v) is 6.23. The van der Waals surface area contributed by atoms with Crippen LogP contribution in [-0.4, -0.2) is 32.8 Å². The zero-order valence-electron chi connectivity index (χ0n) is 16.1. The molecule has 0 fully saturated rings. The maximum Gasteiger partial charge on any atom is 0.191 e. The molecule has 0 atom stereocenters. The topological polar surface area (TPSA) is 54.9 Å². The number of hydrogen-bond acceptors (Lipinski definition) is 3. The highest BCUT2D eigenvalue weighted by Gasteiger charge is 2.04. The molecule has 2 N–H and O–H groups in total. The summed E-state index contributed by atoms with van der Waals surface area (Å²) >= 11 is 0. The minimum atomic E-state index is 0.169. The molecule has 5 heteroatoms. The van der Waals surface area contributed by atoms with Gasteiger partial charge in [0.1, 0.15) is 11.5 Å². The molecule has 140 valence electrons. The van der Waals surface area contributed by atoms with Crippen molar-refractivity contribution in [3.8, 4) is 11.5 Å². The normalized spacial score (nSPS) is 11.3. The van der Waals surface area contributed by atoms with Crippen molar-refractivity contribution in [3.63, 3.8) is 0 Å². The number of benzene rings is 2. The first-order valence-corrected chi connectivity index (χ1v) is 8.94. The van der Waals surface area contributed by atoms with Crippen LogP contribution in [0.4, 0.5) is 0 Å². The summed E-state index contributed by atoms with van der Waals surface area (Å²) in [5, 5.41) is 6.67. The van der Waals surface area contributed by atoms with E-state index in [0.717, 1.165) is 36.0 Å². The van der Waals surface area contributed by atoms with Gasteiger partial charge < -0.3 is 20.1 Å². The van der Waals surface area contributed by atoms with Gasteiger partial charge in [0.25, 0.3) is 0 Å². The molecule has 0 saturated carbocycles. The molecule has 0 spiro atoms. The highest BCUT2D eigenvalue weighted by molar-refractivity contribution is 5.79. The third kappa shape index (κ3) is 6.31. The molecule has 2 rings (SSSR count). The molecule has 2 aromatic carbocycles. The van der Waals surface area contributed by atoms with Crippen molar-refractivity contribution in [2.75, 3.05) is 20.7 Å². The minimum Gasteiger partial charge on any atom is -0.496 e. The van der Waals surface area contributed by atoms with E-state index in [4.69, 9.17) is 9.47 Å². The Hall–Kier alpha value is -2.69. The second-order valence-electron chi connectivity index (χ2n) is 6.23. The lowest BCUT2D eigenvalue weighted by atomic mass is 10.1. The maximum atomic E-state index is 5.74. The first kappa shape index (κ1) is 19.6. The Kier molecular flexibility index (Phi) is 7.80. The van der Waals surface area contributed by atoms with E-state index in [1.807, 2.05) is 44.2 Å². The van der Waals surface area contributed by atoms with Crippen molar-refractivity contribution >= 4 is 5.96 Å². The number of para-hydroxylation sites is 1. The van der Waals surface area contributed by atoms with Gasteiger partial charge in [-0.25, -0.2) is 0 Å². The van der Waals surface area contributed by atoms with Gasteiger partial charge in [-0.2, -0.15) is 0 Å². The second kappa shape index (κ2) is 10.3. The molecular formula is C21H29N3O2. The van der Waals surface area contributed by atoms with E-state index in [9.17, 15) is 0 Å². The molecule has 0 saturated heterocycles. The third-order valence-electron chi connectivity index (χ3n) is 3.83. The summed E-state index contributed by atoms with van der Waals surface area (Å²) in [5.74, 6) is 2.58. The number of guanidine groups is 1. The van der Waals surface area contributed by atoms with Gasteiger partial charge in [-0.15, -0.1) is 0 Å². The summed E-state index contributed by atoms with van der Waals surface area (Å²) < 4.78 is 11.1. The van der Waals surface area contributed by atoms with Crippen molar-refractivity contribution in [1.29, 1.82) is 0 Å². The predicted molar refractivity (Wildman–Crippen MR) is 107 cm³/mol. The Morgan fingerprint density at radius 2 is 1.88 bits per heavy atom. The molecule has 5 nitrogen and oxygen atoms in total. The number of aliphatic imine (C=N–C) groups is 1. The van der Waals surface area contributed by atoms with Crippen LogP contribution in [0.1, 0.15) is 25.0 Å². The highest BCUT2D eigenvalue weighted by atomic mass is 16.5. The quantitative estimate of drug-likeness (QED) is 0.563. The standard InChI is InChI=1S/C21H29N3O2/c1-16(2)26-19-10-7-8-17(14-19)15-24-21(22-3)23-13-12-18-9-5-6-11-20(18)25-4/h5-11,14,16H,12-13,15H2,1-4H3,(H2,22,23,24). The molecule has 0 aromatic heterocycles. The number of nitrogens with zero attached hydrogens (tertiary/aromatic N) is 1. The Balaban J connectivity index is 1.82. The van der Waals surface area contributed by atoms with Gasteiger partial charge >= 0.3 is 0 Å². The van der Waals surface area contributed by atoms with Crippen LogP contribution in [0.15, 0.2) is 53.5 Å². The van der Waals surface area contributed by atoms with Gasteiger partial charge in [0, 0.05) is 20.1 Å². The molecule has 0 aliphatic heterocycles. The molecule has 0 radical (unpaired) electrons. The Morgan fingerprint density at radius 1 is 1.08 bits per heavy atom. The van der Waals surface area contributed by atoms with Crippen molar-refractivity contribution < 1.29 is 9.47 Å². The SMILES string of the molecule is CN=C(NCCc1ccccc1OC)NCc1cccc(OC(C)C)c1. The van der Waals surface area contributed by atoms with Crippen LogP contribution in [0.5, 0.6) is 11.5 Å². The lowest BCUT2D eigenvalue weighted by Gasteiger charge is -2.14. The number of methoxy groups -OCH3 is 1.